The van der Waals surface area contributed by atoms with E-state index in [4.69, 9.17) is 5.11 Å². The summed E-state index contributed by atoms with van der Waals surface area (Å²) >= 11 is 0. The highest BCUT2D eigenvalue weighted by atomic mass is 16.4. The molecule has 0 aromatic carbocycles. The van der Waals surface area contributed by atoms with Crippen LogP contribution in [0.3, 0.4) is 0 Å². The van der Waals surface area contributed by atoms with Crippen LogP contribution in [0.1, 0.15) is 32.4 Å². The van der Waals surface area contributed by atoms with Crippen LogP contribution in [0.5, 0.6) is 0 Å². The van der Waals surface area contributed by atoms with E-state index in [1.165, 1.54) is 4.68 Å². The van der Waals surface area contributed by atoms with E-state index in [1.807, 2.05) is 13.8 Å². The first kappa shape index (κ1) is 14.1. The number of carbonyl (C=O) groups excluding carboxylic acids is 1. The van der Waals surface area contributed by atoms with Crippen LogP contribution in [0, 0.1) is 0 Å². The van der Waals surface area contributed by atoms with Crippen molar-refractivity contribution in [2.75, 3.05) is 0 Å². The van der Waals surface area contributed by atoms with Gasteiger partial charge in [-0.3, -0.25) is 9.59 Å². The Morgan fingerprint density at radius 2 is 2.28 bits per heavy atom. The lowest BCUT2D eigenvalue weighted by Gasteiger charge is -2.10. The quantitative estimate of drug-likeness (QED) is 0.725. The molecule has 1 unspecified atom stereocenters. The van der Waals surface area contributed by atoms with Crippen LogP contribution in [0.2, 0.25) is 0 Å². The van der Waals surface area contributed by atoms with Gasteiger partial charge in [-0.1, -0.05) is 12.1 Å². The average Bonchev–Trinajstić information content (AvgIpc) is 2.73. The van der Waals surface area contributed by atoms with Crippen LogP contribution in [0.15, 0.2) is 6.20 Å². The maximum atomic E-state index is 11.6. The Morgan fingerprint density at radius 3 is 2.89 bits per heavy atom. The van der Waals surface area contributed by atoms with Gasteiger partial charge in [0.15, 0.2) is 0 Å². The second kappa shape index (κ2) is 6.73. The summed E-state index contributed by atoms with van der Waals surface area (Å²) in [5.41, 5.74) is 0.578. The molecule has 18 heavy (non-hydrogen) atoms. The van der Waals surface area contributed by atoms with E-state index >= 15 is 0 Å². The Balaban J connectivity index is 2.43. The van der Waals surface area contributed by atoms with Crippen LogP contribution in [0.25, 0.3) is 0 Å². The molecular formula is C11H18N4O3. The number of aryl methyl sites for hydroxylation is 1. The Kier molecular flexibility index (Phi) is 5.29. The molecule has 7 nitrogen and oxygen atoms in total. The number of hydrogen-bond acceptors (Lipinski definition) is 4. The zero-order chi connectivity index (χ0) is 13.5. The van der Waals surface area contributed by atoms with Crippen molar-refractivity contribution in [2.24, 2.45) is 0 Å². The van der Waals surface area contributed by atoms with Gasteiger partial charge in [-0.15, -0.1) is 5.10 Å². The average molecular weight is 254 g/mol. The molecule has 1 heterocycles. The number of aliphatic carboxylic acids is 1. The number of rotatable bonds is 7. The van der Waals surface area contributed by atoms with E-state index in [0.717, 1.165) is 6.42 Å². The lowest BCUT2D eigenvalue weighted by Crippen LogP contribution is -2.34. The highest BCUT2D eigenvalue weighted by Crippen LogP contribution is 1.98. The lowest BCUT2D eigenvalue weighted by molar-refractivity contribution is -0.137. The van der Waals surface area contributed by atoms with Gasteiger partial charge in [0, 0.05) is 18.7 Å². The molecule has 2 N–H and O–H groups in total. The van der Waals surface area contributed by atoms with Gasteiger partial charge in [0.1, 0.15) is 6.54 Å². The van der Waals surface area contributed by atoms with Crippen LogP contribution in [-0.2, 0) is 22.6 Å². The van der Waals surface area contributed by atoms with Gasteiger partial charge in [-0.2, -0.15) is 0 Å². The summed E-state index contributed by atoms with van der Waals surface area (Å²) in [5.74, 6) is -1.00. The summed E-state index contributed by atoms with van der Waals surface area (Å²) in [6, 6.07) is 0.132. The van der Waals surface area contributed by atoms with Crippen molar-refractivity contribution in [3.8, 4) is 0 Å². The zero-order valence-electron chi connectivity index (χ0n) is 10.6. The molecule has 7 heteroatoms. The standard InChI is InChI=1S/C11H18N4O3/c1-3-8(2)12-10(16)7-15-6-9(13-14-15)4-5-11(17)18/h6,8H,3-5,7H2,1-2H3,(H,12,16)(H,17,18). The fraction of sp³-hybridized carbons (Fsp3) is 0.636. The van der Waals surface area contributed by atoms with E-state index in [-0.39, 0.29) is 24.9 Å². The maximum absolute atomic E-state index is 11.6. The normalized spacial score (nSPS) is 12.1. The van der Waals surface area contributed by atoms with Crippen molar-refractivity contribution in [1.29, 1.82) is 0 Å². The monoisotopic (exact) mass is 254 g/mol. The molecule has 1 atom stereocenters. The first-order valence-electron chi connectivity index (χ1n) is 5.91. The van der Waals surface area contributed by atoms with Crippen LogP contribution >= 0.6 is 0 Å². The van der Waals surface area contributed by atoms with Crippen LogP contribution in [-0.4, -0.2) is 38.0 Å². The number of amides is 1. The molecule has 0 aliphatic carbocycles. The molecular weight excluding hydrogens is 236 g/mol. The van der Waals surface area contributed by atoms with E-state index in [9.17, 15) is 9.59 Å². The minimum Gasteiger partial charge on any atom is -0.481 e. The van der Waals surface area contributed by atoms with Gasteiger partial charge < -0.3 is 10.4 Å². The summed E-state index contributed by atoms with van der Waals surface area (Å²) < 4.78 is 1.41. The SMILES string of the molecule is CCC(C)NC(=O)Cn1cc(CCC(=O)O)nn1. The molecule has 0 aliphatic rings. The Morgan fingerprint density at radius 1 is 1.56 bits per heavy atom. The molecule has 1 aromatic heterocycles. The summed E-state index contributed by atoms with van der Waals surface area (Å²) in [6.45, 7) is 4.02. The van der Waals surface area contributed by atoms with Crippen LogP contribution in [0.4, 0.5) is 0 Å². The van der Waals surface area contributed by atoms with Crippen molar-refractivity contribution in [1.82, 2.24) is 20.3 Å². The summed E-state index contributed by atoms with van der Waals surface area (Å²) in [4.78, 5) is 22.0. The molecule has 1 rings (SSSR count). The predicted molar refractivity (Wildman–Crippen MR) is 63.9 cm³/mol. The van der Waals surface area contributed by atoms with Crippen molar-refractivity contribution in [3.05, 3.63) is 11.9 Å². The van der Waals surface area contributed by atoms with E-state index in [2.05, 4.69) is 15.6 Å². The molecule has 1 amide bonds. The number of nitrogens with one attached hydrogen (secondary N) is 1. The molecule has 0 saturated carbocycles. The largest absolute Gasteiger partial charge is 0.481 e. The zero-order valence-corrected chi connectivity index (χ0v) is 10.6. The molecule has 0 fully saturated rings. The van der Waals surface area contributed by atoms with E-state index in [1.54, 1.807) is 6.20 Å². The second-order valence-corrected chi connectivity index (χ2v) is 4.18. The Hall–Kier alpha value is -1.92. The summed E-state index contributed by atoms with van der Waals surface area (Å²) in [6.07, 6.45) is 2.80. The van der Waals surface area contributed by atoms with Gasteiger partial charge in [-0.25, -0.2) is 4.68 Å². The Labute approximate surface area is 105 Å². The van der Waals surface area contributed by atoms with Crippen molar-refractivity contribution < 1.29 is 14.7 Å². The minimum absolute atomic E-state index is 0.0117. The van der Waals surface area contributed by atoms with Crippen molar-refractivity contribution in [3.63, 3.8) is 0 Å². The molecule has 0 radical (unpaired) electrons. The smallest absolute Gasteiger partial charge is 0.303 e. The molecule has 0 bridgehead atoms. The molecule has 100 valence electrons. The highest BCUT2D eigenvalue weighted by Gasteiger charge is 2.09. The third kappa shape index (κ3) is 4.94. The van der Waals surface area contributed by atoms with E-state index < -0.39 is 5.97 Å². The number of carboxylic acid groups (broad SMARTS) is 1. The maximum Gasteiger partial charge on any atom is 0.303 e. The number of nitrogens with zero attached hydrogens (tertiary/aromatic N) is 3. The van der Waals surface area contributed by atoms with Gasteiger partial charge in [-0.05, 0) is 13.3 Å². The Bertz CT molecular complexity index is 416. The molecule has 0 aliphatic heterocycles. The van der Waals surface area contributed by atoms with Crippen molar-refractivity contribution >= 4 is 11.9 Å². The summed E-state index contributed by atoms with van der Waals surface area (Å²) in [7, 11) is 0. The number of carbonyl (C=O) groups is 2. The van der Waals surface area contributed by atoms with Gasteiger partial charge in [0.05, 0.1) is 12.1 Å². The van der Waals surface area contributed by atoms with E-state index in [0.29, 0.717) is 12.1 Å². The van der Waals surface area contributed by atoms with Gasteiger partial charge in [0.25, 0.3) is 0 Å². The predicted octanol–water partition coefficient (Wildman–Crippen LogP) is 0.210. The first-order valence-corrected chi connectivity index (χ1v) is 5.91. The number of hydrogen-bond donors (Lipinski definition) is 2. The molecule has 0 saturated heterocycles. The fourth-order valence-corrected chi connectivity index (χ4v) is 1.34. The fourth-order valence-electron chi connectivity index (χ4n) is 1.34. The minimum atomic E-state index is -0.876. The molecule has 1 aromatic rings. The second-order valence-electron chi connectivity index (χ2n) is 4.18. The summed E-state index contributed by atoms with van der Waals surface area (Å²) in [5, 5.41) is 18.9. The number of carboxylic acids is 1. The van der Waals surface area contributed by atoms with Gasteiger partial charge >= 0.3 is 5.97 Å². The van der Waals surface area contributed by atoms with Gasteiger partial charge in [0.2, 0.25) is 5.91 Å². The van der Waals surface area contributed by atoms with Crippen molar-refractivity contribution in [2.45, 2.75) is 45.7 Å². The number of aromatic nitrogens is 3. The third-order valence-electron chi connectivity index (χ3n) is 2.51. The van der Waals surface area contributed by atoms with Crippen LogP contribution < -0.4 is 5.32 Å². The topological polar surface area (TPSA) is 97.1 Å². The highest BCUT2D eigenvalue weighted by molar-refractivity contribution is 5.75. The third-order valence-corrected chi connectivity index (χ3v) is 2.51. The lowest BCUT2D eigenvalue weighted by atomic mass is 10.2. The molecule has 0 spiro atoms. The first-order chi connectivity index (χ1) is 8.51.